The summed E-state index contributed by atoms with van der Waals surface area (Å²) in [5.41, 5.74) is 5.83. The van der Waals surface area contributed by atoms with E-state index in [0.29, 0.717) is 5.92 Å². The fourth-order valence-electron chi connectivity index (χ4n) is 1.87. The van der Waals surface area contributed by atoms with Crippen LogP contribution in [-0.2, 0) is 4.79 Å². The zero-order chi connectivity index (χ0) is 10.7. The van der Waals surface area contributed by atoms with Crippen molar-refractivity contribution in [1.82, 2.24) is 0 Å². The van der Waals surface area contributed by atoms with Crippen LogP contribution < -0.4 is 5.73 Å². The van der Waals surface area contributed by atoms with E-state index in [4.69, 9.17) is 10.8 Å². The van der Waals surface area contributed by atoms with Gasteiger partial charge in [0.15, 0.2) is 0 Å². The normalized spacial score (nSPS) is 22.8. The lowest BCUT2D eigenvalue weighted by Gasteiger charge is -2.20. The summed E-state index contributed by atoms with van der Waals surface area (Å²) < 4.78 is 0. The molecule has 1 saturated carbocycles. The van der Waals surface area contributed by atoms with E-state index in [1.807, 2.05) is 0 Å². The molecule has 14 heavy (non-hydrogen) atoms. The molecule has 1 fully saturated rings. The van der Waals surface area contributed by atoms with Crippen LogP contribution in [0.5, 0.6) is 0 Å². The second kappa shape index (κ2) is 4.78. The predicted molar refractivity (Wildman–Crippen MR) is 55.9 cm³/mol. The lowest BCUT2D eigenvalue weighted by atomic mass is 9.90. The lowest BCUT2D eigenvalue weighted by Crippen LogP contribution is -2.35. The average Bonchev–Trinajstić information content (AvgIpc) is 2.86. The van der Waals surface area contributed by atoms with Gasteiger partial charge in [0.2, 0.25) is 0 Å². The molecule has 1 aliphatic carbocycles. The number of carboxylic acid groups (broad SMARTS) is 1. The SMILES string of the molecule is CC(C(=O)O)[C@@H](N)C[C@H](C)CC1CC1. The van der Waals surface area contributed by atoms with Crippen LogP contribution >= 0.6 is 0 Å². The smallest absolute Gasteiger partial charge is 0.307 e. The summed E-state index contributed by atoms with van der Waals surface area (Å²) in [5.74, 6) is 0.268. The molecule has 0 bridgehead atoms. The van der Waals surface area contributed by atoms with Gasteiger partial charge in [0.05, 0.1) is 5.92 Å². The van der Waals surface area contributed by atoms with E-state index in [1.165, 1.54) is 19.3 Å². The molecule has 0 saturated heterocycles. The molecule has 1 rings (SSSR count). The highest BCUT2D eigenvalue weighted by Crippen LogP contribution is 2.36. The Balaban J connectivity index is 2.23. The van der Waals surface area contributed by atoms with Crippen molar-refractivity contribution in [2.45, 2.75) is 45.6 Å². The molecule has 3 nitrogen and oxygen atoms in total. The van der Waals surface area contributed by atoms with Crippen LogP contribution in [0.1, 0.15) is 39.5 Å². The number of carbonyl (C=O) groups is 1. The summed E-state index contributed by atoms with van der Waals surface area (Å²) in [4.78, 5) is 10.7. The molecule has 0 aromatic heterocycles. The van der Waals surface area contributed by atoms with Crippen molar-refractivity contribution in [2.24, 2.45) is 23.5 Å². The standard InChI is InChI=1S/C11H21NO2/c1-7(5-9-3-4-9)6-10(12)8(2)11(13)14/h7-10H,3-6,12H2,1-2H3,(H,13,14)/t7-,8?,10+/m1/s1. The van der Waals surface area contributed by atoms with Gasteiger partial charge in [-0.25, -0.2) is 0 Å². The first-order valence-electron chi connectivity index (χ1n) is 5.49. The molecular weight excluding hydrogens is 178 g/mol. The van der Waals surface area contributed by atoms with Gasteiger partial charge in [-0.05, 0) is 24.7 Å². The van der Waals surface area contributed by atoms with Crippen LogP contribution in [0.3, 0.4) is 0 Å². The Kier molecular flexibility index (Phi) is 3.93. The van der Waals surface area contributed by atoms with Crippen molar-refractivity contribution in [1.29, 1.82) is 0 Å². The molecule has 0 radical (unpaired) electrons. The number of hydrogen-bond acceptors (Lipinski definition) is 2. The predicted octanol–water partition coefficient (Wildman–Crippen LogP) is 1.86. The quantitative estimate of drug-likeness (QED) is 0.686. The minimum absolute atomic E-state index is 0.193. The summed E-state index contributed by atoms with van der Waals surface area (Å²) in [5, 5.41) is 8.78. The molecule has 0 heterocycles. The largest absolute Gasteiger partial charge is 0.481 e. The van der Waals surface area contributed by atoms with Crippen LogP contribution in [-0.4, -0.2) is 17.1 Å². The molecule has 82 valence electrons. The summed E-state index contributed by atoms with van der Waals surface area (Å²) in [6, 6.07) is -0.193. The maximum absolute atomic E-state index is 10.7. The molecule has 0 aliphatic heterocycles. The molecule has 0 aromatic carbocycles. The maximum atomic E-state index is 10.7. The highest BCUT2D eigenvalue weighted by Gasteiger charge is 2.26. The Bertz CT molecular complexity index is 201. The highest BCUT2D eigenvalue weighted by atomic mass is 16.4. The number of aliphatic carboxylic acids is 1. The summed E-state index contributed by atoms with van der Waals surface area (Å²) in [6.45, 7) is 3.86. The maximum Gasteiger partial charge on any atom is 0.307 e. The number of hydrogen-bond donors (Lipinski definition) is 2. The third-order valence-corrected chi connectivity index (χ3v) is 3.14. The van der Waals surface area contributed by atoms with Gasteiger partial charge in [-0.1, -0.05) is 26.7 Å². The fraction of sp³-hybridized carbons (Fsp3) is 0.909. The van der Waals surface area contributed by atoms with Gasteiger partial charge in [0.25, 0.3) is 0 Å². The Labute approximate surface area is 85.7 Å². The van der Waals surface area contributed by atoms with Gasteiger partial charge in [0.1, 0.15) is 0 Å². The van der Waals surface area contributed by atoms with E-state index in [1.54, 1.807) is 6.92 Å². The van der Waals surface area contributed by atoms with Crippen LogP contribution in [0.25, 0.3) is 0 Å². The zero-order valence-corrected chi connectivity index (χ0v) is 9.07. The van der Waals surface area contributed by atoms with Crippen molar-refractivity contribution < 1.29 is 9.90 Å². The van der Waals surface area contributed by atoms with Gasteiger partial charge >= 0.3 is 5.97 Å². The van der Waals surface area contributed by atoms with E-state index >= 15 is 0 Å². The van der Waals surface area contributed by atoms with Crippen LogP contribution in [0.2, 0.25) is 0 Å². The summed E-state index contributed by atoms with van der Waals surface area (Å²) in [6.07, 6.45) is 4.77. The van der Waals surface area contributed by atoms with Crippen molar-refractivity contribution in [3.8, 4) is 0 Å². The molecule has 3 heteroatoms. The van der Waals surface area contributed by atoms with Gasteiger partial charge < -0.3 is 10.8 Å². The van der Waals surface area contributed by atoms with Crippen molar-refractivity contribution in [2.75, 3.05) is 0 Å². The molecule has 3 N–H and O–H groups in total. The Morgan fingerprint density at radius 2 is 2.07 bits per heavy atom. The minimum atomic E-state index is -0.781. The van der Waals surface area contributed by atoms with Crippen molar-refractivity contribution in [3.05, 3.63) is 0 Å². The molecule has 0 amide bonds. The molecule has 3 atom stereocenters. The van der Waals surface area contributed by atoms with Crippen molar-refractivity contribution in [3.63, 3.8) is 0 Å². The first kappa shape index (κ1) is 11.5. The molecule has 0 spiro atoms. The van der Waals surface area contributed by atoms with Gasteiger partial charge in [0, 0.05) is 6.04 Å². The van der Waals surface area contributed by atoms with E-state index in [0.717, 1.165) is 12.3 Å². The van der Waals surface area contributed by atoms with Crippen LogP contribution in [0, 0.1) is 17.8 Å². The Hall–Kier alpha value is -0.570. The number of nitrogens with two attached hydrogens (primary N) is 1. The highest BCUT2D eigenvalue weighted by molar-refractivity contribution is 5.70. The van der Waals surface area contributed by atoms with E-state index in [2.05, 4.69) is 6.92 Å². The van der Waals surface area contributed by atoms with E-state index in [-0.39, 0.29) is 6.04 Å². The zero-order valence-electron chi connectivity index (χ0n) is 9.07. The van der Waals surface area contributed by atoms with Crippen LogP contribution in [0.4, 0.5) is 0 Å². The molecule has 1 aliphatic rings. The third kappa shape index (κ3) is 3.66. The minimum Gasteiger partial charge on any atom is -0.481 e. The monoisotopic (exact) mass is 199 g/mol. The van der Waals surface area contributed by atoms with Crippen LogP contribution in [0.15, 0.2) is 0 Å². The molecular formula is C11H21NO2. The first-order valence-corrected chi connectivity index (χ1v) is 5.49. The topological polar surface area (TPSA) is 63.3 Å². The lowest BCUT2D eigenvalue weighted by molar-refractivity contribution is -0.141. The molecule has 1 unspecified atom stereocenters. The molecule has 0 aromatic rings. The number of rotatable bonds is 6. The number of carboxylic acids is 1. The van der Waals surface area contributed by atoms with Gasteiger partial charge in [-0.2, -0.15) is 0 Å². The van der Waals surface area contributed by atoms with E-state index < -0.39 is 11.9 Å². The fourth-order valence-corrected chi connectivity index (χ4v) is 1.87. The summed E-state index contributed by atoms with van der Waals surface area (Å²) >= 11 is 0. The van der Waals surface area contributed by atoms with Crippen molar-refractivity contribution >= 4 is 5.97 Å². The first-order chi connectivity index (χ1) is 6.50. The summed E-state index contributed by atoms with van der Waals surface area (Å²) in [7, 11) is 0. The Morgan fingerprint density at radius 1 is 1.50 bits per heavy atom. The van der Waals surface area contributed by atoms with E-state index in [9.17, 15) is 4.79 Å². The average molecular weight is 199 g/mol. The third-order valence-electron chi connectivity index (χ3n) is 3.14. The van der Waals surface area contributed by atoms with Gasteiger partial charge in [-0.3, -0.25) is 4.79 Å². The second-order valence-electron chi connectivity index (χ2n) is 4.81. The second-order valence-corrected chi connectivity index (χ2v) is 4.81. The Morgan fingerprint density at radius 3 is 2.50 bits per heavy atom. The van der Waals surface area contributed by atoms with Gasteiger partial charge in [-0.15, -0.1) is 0 Å².